The van der Waals surface area contributed by atoms with Gasteiger partial charge in [0.15, 0.2) is 5.69 Å². The number of nitrogens with one attached hydrogen (secondary N) is 1. The Morgan fingerprint density at radius 2 is 2.05 bits per heavy atom. The van der Waals surface area contributed by atoms with Crippen LogP contribution in [0.4, 0.5) is 5.69 Å². The van der Waals surface area contributed by atoms with Crippen molar-refractivity contribution in [1.29, 1.82) is 0 Å². The van der Waals surface area contributed by atoms with Crippen LogP contribution in [0.2, 0.25) is 0 Å². The van der Waals surface area contributed by atoms with Crippen LogP contribution in [0.5, 0.6) is 0 Å². The number of hydrogen-bond donors (Lipinski definition) is 2. The van der Waals surface area contributed by atoms with E-state index < -0.39 is 5.97 Å². The van der Waals surface area contributed by atoms with Crippen LogP contribution in [0, 0.1) is 5.92 Å². The summed E-state index contributed by atoms with van der Waals surface area (Å²) in [6.07, 6.45) is 5.43. The van der Waals surface area contributed by atoms with Crippen molar-refractivity contribution in [2.75, 3.05) is 5.32 Å². The molecule has 0 bridgehead atoms. The second-order valence-corrected chi connectivity index (χ2v) is 5.37. The molecular formula is C15H16N4O3. The Morgan fingerprint density at radius 1 is 1.27 bits per heavy atom. The summed E-state index contributed by atoms with van der Waals surface area (Å²) in [7, 11) is 0. The van der Waals surface area contributed by atoms with Gasteiger partial charge in [-0.25, -0.2) is 9.48 Å². The Kier molecular flexibility index (Phi) is 3.86. The number of carboxylic acids is 1. The predicted molar refractivity (Wildman–Crippen MR) is 78.9 cm³/mol. The maximum atomic E-state index is 12.1. The van der Waals surface area contributed by atoms with Crippen LogP contribution in [-0.2, 0) is 4.79 Å². The molecule has 1 aromatic heterocycles. The number of carbonyl (C=O) groups excluding carboxylic acids is 1. The third-order valence-electron chi connectivity index (χ3n) is 3.82. The highest BCUT2D eigenvalue weighted by Gasteiger charge is 2.22. The summed E-state index contributed by atoms with van der Waals surface area (Å²) in [5.41, 5.74) is 1.19. The maximum absolute atomic E-state index is 12.1. The second kappa shape index (κ2) is 5.97. The van der Waals surface area contributed by atoms with Crippen molar-refractivity contribution in [2.24, 2.45) is 5.92 Å². The van der Waals surface area contributed by atoms with Gasteiger partial charge in [-0.2, -0.15) is 0 Å². The normalized spacial score (nSPS) is 14.9. The Balaban J connectivity index is 1.76. The fraction of sp³-hybridized carbons (Fsp3) is 0.333. The van der Waals surface area contributed by atoms with Gasteiger partial charge in [-0.05, 0) is 31.0 Å². The molecule has 0 unspecified atom stereocenters. The molecular weight excluding hydrogens is 284 g/mol. The van der Waals surface area contributed by atoms with Crippen LogP contribution < -0.4 is 5.32 Å². The summed E-state index contributed by atoms with van der Waals surface area (Å²) in [5, 5.41) is 19.1. The summed E-state index contributed by atoms with van der Waals surface area (Å²) in [6.45, 7) is 0. The number of amides is 1. The molecule has 1 aromatic carbocycles. The van der Waals surface area contributed by atoms with Gasteiger partial charge in [0.1, 0.15) is 0 Å². The van der Waals surface area contributed by atoms with Crippen LogP contribution in [0.3, 0.4) is 0 Å². The topological polar surface area (TPSA) is 97.1 Å². The van der Waals surface area contributed by atoms with Gasteiger partial charge in [-0.1, -0.05) is 24.1 Å². The summed E-state index contributed by atoms with van der Waals surface area (Å²) in [6, 6.07) is 7.09. The monoisotopic (exact) mass is 300 g/mol. The molecule has 0 saturated heterocycles. The lowest BCUT2D eigenvalue weighted by atomic mass is 10.1. The molecule has 3 rings (SSSR count). The Labute approximate surface area is 126 Å². The minimum absolute atomic E-state index is 0.0412. The van der Waals surface area contributed by atoms with Crippen molar-refractivity contribution in [3.63, 3.8) is 0 Å². The molecule has 114 valence electrons. The van der Waals surface area contributed by atoms with Gasteiger partial charge in [-0.3, -0.25) is 4.79 Å². The fourth-order valence-corrected chi connectivity index (χ4v) is 2.65. The standard InChI is InChI=1S/C15H16N4O3/c20-14(10-4-1-2-5-10)16-11-6-3-7-12(8-11)19-9-13(15(21)22)17-18-19/h3,6-10H,1-2,4-5H2,(H,16,20)(H,21,22). The van der Waals surface area contributed by atoms with E-state index >= 15 is 0 Å². The van der Waals surface area contributed by atoms with Gasteiger partial charge in [0.05, 0.1) is 11.9 Å². The molecule has 0 radical (unpaired) electrons. The molecule has 1 aliphatic carbocycles. The number of aromatic nitrogens is 3. The summed E-state index contributed by atoms with van der Waals surface area (Å²) < 4.78 is 1.37. The Morgan fingerprint density at radius 3 is 2.73 bits per heavy atom. The molecule has 0 aliphatic heterocycles. The minimum Gasteiger partial charge on any atom is -0.476 e. The highest BCUT2D eigenvalue weighted by atomic mass is 16.4. The average Bonchev–Trinajstić information content (AvgIpc) is 3.19. The summed E-state index contributed by atoms with van der Waals surface area (Å²) >= 11 is 0. The lowest BCUT2D eigenvalue weighted by molar-refractivity contribution is -0.119. The van der Waals surface area contributed by atoms with Crippen molar-refractivity contribution < 1.29 is 14.7 Å². The fourth-order valence-electron chi connectivity index (χ4n) is 2.65. The summed E-state index contributed by atoms with van der Waals surface area (Å²) in [5.74, 6) is -0.995. The van der Waals surface area contributed by atoms with Crippen LogP contribution in [0.15, 0.2) is 30.5 Å². The zero-order valence-corrected chi connectivity index (χ0v) is 11.9. The van der Waals surface area contributed by atoms with Crippen molar-refractivity contribution in [2.45, 2.75) is 25.7 Å². The van der Waals surface area contributed by atoms with E-state index in [9.17, 15) is 9.59 Å². The lowest BCUT2D eigenvalue weighted by Gasteiger charge is -2.11. The zero-order valence-electron chi connectivity index (χ0n) is 11.9. The number of benzene rings is 1. The van der Waals surface area contributed by atoms with Gasteiger partial charge in [0.25, 0.3) is 0 Å². The lowest BCUT2D eigenvalue weighted by Crippen LogP contribution is -2.20. The van der Waals surface area contributed by atoms with E-state index in [1.807, 2.05) is 0 Å². The van der Waals surface area contributed by atoms with E-state index in [0.29, 0.717) is 11.4 Å². The molecule has 7 nitrogen and oxygen atoms in total. The van der Waals surface area contributed by atoms with Gasteiger partial charge in [0, 0.05) is 11.6 Å². The maximum Gasteiger partial charge on any atom is 0.358 e. The average molecular weight is 300 g/mol. The van der Waals surface area contributed by atoms with Crippen LogP contribution in [0.1, 0.15) is 36.2 Å². The smallest absolute Gasteiger partial charge is 0.358 e. The number of carboxylic acid groups (broad SMARTS) is 1. The van der Waals surface area contributed by atoms with Crippen LogP contribution in [-0.4, -0.2) is 32.0 Å². The Bertz CT molecular complexity index is 704. The molecule has 2 aromatic rings. The van der Waals surface area contributed by atoms with Crippen LogP contribution >= 0.6 is 0 Å². The predicted octanol–water partition coefficient (Wildman–Crippen LogP) is 2.09. The number of aromatic carboxylic acids is 1. The Hall–Kier alpha value is -2.70. The zero-order chi connectivity index (χ0) is 15.5. The third kappa shape index (κ3) is 2.98. The van der Waals surface area contributed by atoms with Gasteiger partial charge in [-0.15, -0.1) is 5.10 Å². The molecule has 1 fully saturated rings. The first kappa shape index (κ1) is 14.2. The highest BCUT2D eigenvalue weighted by molar-refractivity contribution is 5.93. The van der Waals surface area contributed by atoms with E-state index in [-0.39, 0.29) is 17.5 Å². The van der Waals surface area contributed by atoms with E-state index in [1.165, 1.54) is 10.9 Å². The van der Waals surface area contributed by atoms with Crippen molar-refractivity contribution in [1.82, 2.24) is 15.0 Å². The number of hydrogen-bond acceptors (Lipinski definition) is 4. The van der Waals surface area contributed by atoms with E-state index in [1.54, 1.807) is 24.3 Å². The molecule has 22 heavy (non-hydrogen) atoms. The van der Waals surface area contributed by atoms with E-state index in [4.69, 9.17) is 5.11 Å². The molecule has 1 saturated carbocycles. The van der Waals surface area contributed by atoms with E-state index in [2.05, 4.69) is 15.6 Å². The molecule has 2 N–H and O–H groups in total. The van der Waals surface area contributed by atoms with Crippen molar-refractivity contribution in [3.8, 4) is 5.69 Å². The first-order chi connectivity index (χ1) is 10.6. The largest absolute Gasteiger partial charge is 0.476 e. The van der Waals surface area contributed by atoms with Crippen LogP contribution in [0.25, 0.3) is 5.69 Å². The number of nitrogens with zero attached hydrogens (tertiary/aromatic N) is 3. The SMILES string of the molecule is O=C(O)c1cn(-c2cccc(NC(=O)C3CCCC3)c2)nn1. The quantitative estimate of drug-likeness (QED) is 0.901. The molecule has 1 amide bonds. The van der Waals surface area contributed by atoms with Gasteiger partial charge < -0.3 is 10.4 Å². The first-order valence-electron chi connectivity index (χ1n) is 7.20. The molecule has 1 aliphatic rings. The molecule has 0 spiro atoms. The highest BCUT2D eigenvalue weighted by Crippen LogP contribution is 2.26. The van der Waals surface area contributed by atoms with Gasteiger partial charge in [0.2, 0.25) is 5.91 Å². The molecule has 1 heterocycles. The minimum atomic E-state index is -1.13. The first-order valence-corrected chi connectivity index (χ1v) is 7.20. The van der Waals surface area contributed by atoms with Crippen molar-refractivity contribution in [3.05, 3.63) is 36.2 Å². The number of carbonyl (C=O) groups is 2. The van der Waals surface area contributed by atoms with Gasteiger partial charge >= 0.3 is 5.97 Å². The third-order valence-corrected chi connectivity index (χ3v) is 3.82. The number of anilines is 1. The summed E-state index contributed by atoms with van der Waals surface area (Å²) in [4.78, 5) is 23.0. The second-order valence-electron chi connectivity index (χ2n) is 5.37. The molecule has 7 heteroatoms. The van der Waals surface area contributed by atoms with Crippen molar-refractivity contribution >= 4 is 17.6 Å². The van der Waals surface area contributed by atoms with E-state index in [0.717, 1.165) is 25.7 Å². The number of rotatable bonds is 4. The molecule has 0 atom stereocenters.